The molecule has 0 saturated heterocycles. The van der Waals surface area contributed by atoms with Crippen molar-refractivity contribution in [1.29, 1.82) is 0 Å². The van der Waals surface area contributed by atoms with E-state index in [-0.39, 0.29) is 22.0 Å². The normalized spacial score (nSPS) is 11.6. The number of fused-ring (bicyclic) bond motifs is 1. The van der Waals surface area contributed by atoms with Crippen LogP contribution in [-0.4, -0.2) is 43.4 Å². The Morgan fingerprint density at radius 3 is 2.81 bits per heavy atom. The van der Waals surface area contributed by atoms with Crippen LogP contribution in [0.15, 0.2) is 35.5 Å². The number of halogens is 3. The molecule has 0 aliphatic heterocycles. The van der Waals surface area contributed by atoms with E-state index in [1.807, 2.05) is 0 Å². The number of ether oxygens (including phenoxy) is 2. The number of hydrogen-bond donors (Lipinski definition) is 1. The number of rotatable bonds is 7. The quantitative estimate of drug-likeness (QED) is 0.634. The Balaban J connectivity index is 1.98. The summed E-state index contributed by atoms with van der Waals surface area (Å²) in [6, 6.07) is 3.82. The molecule has 0 spiro atoms. The summed E-state index contributed by atoms with van der Waals surface area (Å²) in [7, 11) is -2.94. The van der Waals surface area contributed by atoms with Gasteiger partial charge >= 0.3 is 0 Å². The van der Waals surface area contributed by atoms with Gasteiger partial charge in [-0.05, 0) is 12.1 Å². The lowest BCUT2D eigenvalue weighted by Gasteiger charge is -2.12. The highest BCUT2D eigenvalue weighted by Gasteiger charge is 2.23. The number of aromatic nitrogens is 3. The van der Waals surface area contributed by atoms with Crippen molar-refractivity contribution in [3.05, 3.63) is 41.4 Å². The summed E-state index contributed by atoms with van der Waals surface area (Å²) in [4.78, 5) is 3.56. The van der Waals surface area contributed by atoms with E-state index in [2.05, 4.69) is 14.8 Å². The summed E-state index contributed by atoms with van der Waals surface area (Å²) >= 11 is 5.85. The molecule has 0 aliphatic rings. The van der Waals surface area contributed by atoms with Gasteiger partial charge in [0.15, 0.2) is 5.82 Å². The molecule has 0 bridgehead atoms. The lowest BCUT2D eigenvalue weighted by atomic mass is 10.4. The number of pyridine rings is 2. The topological polar surface area (TPSA) is 94.8 Å². The third kappa shape index (κ3) is 3.88. The van der Waals surface area contributed by atoms with Crippen molar-refractivity contribution in [3.8, 4) is 11.8 Å². The minimum absolute atomic E-state index is 0.153. The summed E-state index contributed by atoms with van der Waals surface area (Å²) in [6.07, 6.45) is 2.57. The summed E-state index contributed by atoms with van der Waals surface area (Å²) in [5, 5.41) is 4.31. The van der Waals surface area contributed by atoms with E-state index < -0.39 is 35.0 Å². The van der Waals surface area contributed by atoms with E-state index in [9.17, 15) is 17.2 Å². The van der Waals surface area contributed by atoms with Crippen LogP contribution >= 0.6 is 11.6 Å². The van der Waals surface area contributed by atoms with Gasteiger partial charge in [0, 0.05) is 12.3 Å². The van der Waals surface area contributed by atoms with E-state index in [4.69, 9.17) is 21.1 Å². The van der Waals surface area contributed by atoms with Gasteiger partial charge in [-0.25, -0.2) is 21.7 Å². The Labute approximate surface area is 157 Å². The van der Waals surface area contributed by atoms with Crippen molar-refractivity contribution in [2.24, 2.45) is 0 Å². The van der Waals surface area contributed by atoms with Crippen molar-refractivity contribution < 1.29 is 26.7 Å². The van der Waals surface area contributed by atoms with Gasteiger partial charge in [-0.3, -0.25) is 4.72 Å². The van der Waals surface area contributed by atoms with Crippen LogP contribution in [0.3, 0.4) is 0 Å². The maximum Gasteiger partial charge on any atom is 0.265 e. The maximum absolute atomic E-state index is 14.1. The molecule has 0 unspecified atom stereocenters. The average molecular weight is 419 g/mol. The standard InChI is InChI=1S/C15H13ClF2N4O4S/c1-25-15-11(6-10(18)14(20-15)26-5-4-17)21-27(23,24)13-7-19-22-8-9(16)2-3-12(13)22/h2-3,6-8,21H,4-5H2,1H3. The lowest BCUT2D eigenvalue weighted by Crippen LogP contribution is -2.15. The number of hydrogen-bond acceptors (Lipinski definition) is 6. The Hall–Kier alpha value is -2.66. The van der Waals surface area contributed by atoms with E-state index in [1.165, 1.54) is 30.0 Å². The monoisotopic (exact) mass is 418 g/mol. The number of nitrogens with zero attached hydrogens (tertiary/aromatic N) is 3. The van der Waals surface area contributed by atoms with Crippen molar-refractivity contribution in [1.82, 2.24) is 14.6 Å². The van der Waals surface area contributed by atoms with Crippen LogP contribution in [0.5, 0.6) is 11.8 Å². The molecule has 3 rings (SSSR count). The van der Waals surface area contributed by atoms with Gasteiger partial charge in [-0.1, -0.05) is 11.6 Å². The summed E-state index contributed by atoms with van der Waals surface area (Å²) < 4.78 is 65.0. The second-order valence-corrected chi connectivity index (χ2v) is 7.25. The SMILES string of the molecule is COc1nc(OCCF)c(F)cc1NS(=O)(=O)c1cnn2cc(Cl)ccc12. The van der Waals surface area contributed by atoms with Gasteiger partial charge in [0.25, 0.3) is 15.9 Å². The second-order valence-electron chi connectivity index (χ2n) is 5.16. The molecule has 0 amide bonds. The van der Waals surface area contributed by atoms with Gasteiger partial charge in [-0.15, -0.1) is 0 Å². The van der Waals surface area contributed by atoms with E-state index >= 15 is 0 Å². The van der Waals surface area contributed by atoms with Crippen molar-refractivity contribution in [2.45, 2.75) is 4.90 Å². The Morgan fingerprint density at radius 1 is 1.33 bits per heavy atom. The smallest absolute Gasteiger partial charge is 0.265 e. The van der Waals surface area contributed by atoms with Gasteiger partial charge in [-0.2, -0.15) is 10.1 Å². The van der Waals surface area contributed by atoms with Crippen LogP contribution in [0.4, 0.5) is 14.5 Å². The summed E-state index contributed by atoms with van der Waals surface area (Å²) in [5.41, 5.74) is 0.0121. The third-order valence-electron chi connectivity index (χ3n) is 3.40. The summed E-state index contributed by atoms with van der Waals surface area (Å²) in [6.45, 7) is -1.24. The fourth-order valence-corrected chi connectivity index (χ4v) is 3.59. The van der Waals surface area contributed by atoms with Crippen LogP contribution in [0.1, 0.15) is 0 Å². The van der Waals surface area contributed by atoms with Crippen LogP contribution in [-0.2, 0) is 10.0 Å². The second kappa shape index (κ2) is 7.53. The van der Waals surface area contributed by atoms with Crippen molar-refractivity contribution in [2.75, 3.05) is 25.1 Å². The molecular formula is C15H13ClF2N4O4S. The molecule has 144 valence electrons. The van der Waals surface area contributed by atoms with E-state index in [1.54, 1.807) is 0 Å². The van der Waals surface area contributed by atoms with Crippen LogP contribution in [0.25, 0.3) is 5.52 Å². The average Bonchev–Trinajstić information content (AvgIpc) is 3.04. The first-order valence-electron chi connectivity index (χ1n) is 7.44. The molecule has 1 N–H and O–H groups in total. The zero-order valence-electron chi connectivity index (χ0n) is 13.8. The Morgan fingerprint density at radius 2 is 2.11 bits per heavy atom. The highest BCUT2D eigenvalue weighted by Crippen LogP contribution is 2.31. The number of anilines is 1. The minimum atomic E-state index is -4.15. The lowest BCUT2D eigenvalue weighted by molar-refractivity contribution is 0.249. The predicted octanol–water partition coefficient (Wildman–Crippen LogP) is 2.68. The van der Waals surface area contributed by atoms with Gasteiger partial charge in [0.05, 0.1) is 23.8 Å². The molecule has 0 saturated carbocycles. The number of nitrogens with one attached hydrogen (secondary N) is 1. The molecule has 8 nitrogen and oxygen atoms in total. The molecule has 12 heteroatoms. The third-order valence-corrected chi connectivity index (χ3v) is 5.00. The molecule has 3 aromatic rings. The predicted molar refractivity (Wildman–Crippen MR) is 93.2 cm³/mol. The molecule has 0 aromatic carbocycles. The van der Waals surface area contributed by atoms with Crippen LogP contribution in [0.2, 0.25) is 5.02 Å². The molecular weight excluding hydrogens is 406 g/mol. The molecule has 3 aromatic heterocycles. The van der Waals surface area contributed by atoms with Crippen LogP contribution < -0.4 is 14.2 Å². The van der Waals surface area contributed by atoms with Crippen LogP contribution in [0, 0.1) is 5.82 Å². The largest absolute Gasteiger partial charge is 0.479 e. The Kier molecular flexibility index (Phi) is 5.33. The number of methoxy groups -OCH3 is 1. The van der Waals surface area contributed by atoms with Gasteiger partial charge in [0.1, 0.15) is 23.9 Å². The van der Waals surface area contributed by atoms with E-state index in [0.29, 0.717) is 5.02 Å². The van der Waals surface area contributed by atoms with E-state index in [0.717, 1.165) is 12.3 Å². The molecule has 0 atom stereocenters. The molecule has 3 heterocycles. The molecule has 0 fully saturated rings. The minimum Gasteiger partial charge on any atom is -0.479 e. The zero-order chi connectivity index (χ0) is 19.6. The number of sulfonamides is 1. The fourth-order valence-electron chi connectivity index (χ4n) is 2.26. The zero-order valence-corrected chi connectivity index (χ0v) is 15.4. The molecule has 0 radical (unpaired) electrons. The highest BCUT2D eigenvalue weighted by molar-refractivity contribution is 7.93. The highest BCUT2D eigenvalue weighted by atomic mass is 35.5. The van der Waals surface area contributed by atoms with Crippen molar-refractivity contribution in [3.63, 3.8) is 0 Å². The van der Waals surface area contributed by atoms with Crippen molar-refractivity contribution >= 4 is 32.8 Å². The van der Waals surface area contributed by atoms with Gasteiger partial charge in [0.2, 0.25) is 5.88 Å². The fraction of sp³-hybridized carbons (Fsp3) is 0.200. The van der Waals surface area contributed by atoms with Gasteiger partial charge < -0.3 is 9.47 Å². The molecule has 0 aliphatic carbocycles. The first kappa shape index (κ1) is 19.1. The first-order chi connectivity index (χ1) is 12.9. The molecule has 27 heavy (non-hydrogen) atoms. The Bertz CT molecular complexity index is 1090. The summed E-state index contributed by atoms with van der Waals surface area (Å²) in [5.74, 6) is -1.72. The maximum atomic E-state index is 14.1. The first-order valence-corrected chi connectivity index (χ1v) is 9.31. The number of alkyl halides is 1.